The predicted molar refractivity (Wildman–Crippen MR) is 76.7 cm³/mol. The van der Waals surface area contributed by atoms with Crippen LogP contribution in [-0.4, -0.2) is 62.2 Å². The lowest BCUT2D eigenvalue weighted by molar-refractivity contribution is -0.157. The summed E-state index contributed by atoms with van der Waals surface area (Å²) in [5, 5.41) is 9.53. The zero-order valence-corrected chi connectivity index (χ0v) is 11.8. The van der Waals surface area contributed by atoms with Crippen molar-refractivity contribution in [2.45, 2.75) is 12.5 Å². The quantitative estimate of drug-likeness (QED) is 0.870. The molecule has 2 saturated heterocycles. The van der Waals surface area contributed by atoms with Gasteiger partial charge in [0, 0.05) is 19.6 Å². The molecule has 1 unspecified atom stereocenters. The van der Waals surface area contributed by atoms with Gasteiger partial charge in [0.2, 0.25) is 0 Å². The molecule has 0 bridgehead atoms. The molecule has 1 aromatic rings. The first-order valence-electron chi connectivity index (χ1n) is 7.36. The Balaban J connectivity index is 1.54. The van der Waals surface area contributed by atoms with Gasteiger partial charge in [-0.1, -0.05) is 30.3 Å². The molecule has 2 heterocycles. The molecule has 110 valence electrons. The summed E-state index contributed by atoms with van der Waals surface area (Å²) in [4.78, 5) is 2.41. The normalized spacial score (nSPS) is 26.1. The van der Waals surface area contributed by atoms with E-state index >= 15 is 0 Å². The molecular formula is C16H23NO3. The molecule has 20 heavy (non-hydrogen) atoms. The second-order valence-corrected chi connectivity index (χ2v) is 6.07. The summed E-state index contributed by atoms with van der Waals surface area (Å²) < 4.78 is 11.2. The Bertz CT molecular complexity index is 413. The third-order valence-electron chi connectivity index (χ3n) is 4.24. The van der Waals surface area contributed by atoms with Crippen LogP contribution in [0.25, 0.3) is 0 Å². The lowest BCUT2D eigenvalue weighted by atomic mass is 9.86. The molecule has 0 radical (unpaired) electrons. The van der Waals surface area contributed by atoms with Crippen molar-refractivity contribution in [2.75, 3.05) is 46.1 Å². The van der Waals surface area contributed by atoms with Gasteiger partial charge in [-0.3, -0.25) is 4.90 Å². The van der Waals surface area contributed by atoms with Crippen molar-refractivity contribution in [2.24, 2.45) is 5.41 Å². The van der Waals surface area contributed by atoms with Gasteiger partial charge in [-0.05, 0) is 12.0 Å². The van der Waals surface area contributed by atoms with Gasteiger partial charge >= 0.3 is 0 Å². The van der Waals surface area contributed by atoms with Crippen LogP contribution in [0.3, 0.4) is 0 Å². The van der Waals surface area contributed by atoms with Gasteiger partial charge in [-0.25, -0.2) is 0 Å². The van der Waals surface area contributed by atoms with Crippen molar-refractivity contribution in [1.29, 1.82) is 0 Å². The predicted octanol–water partition coefficient (Wildman–Crippen LogP) is 0.939. The number of hydrogen-bond donors (Lipinski definition) is 1. The summed E-state index contributed by atoms with van der Waals surface area (Å²) in [7, 11) is 0. The van der Waals surface area contributed by atoms with Crippen LogP contribution in [0.5, 0.6) is 0 Å². The largest absolute Gasteiger partial charge is 0.396 e. The summed E-state index contributed by atoms with van der Waals surface area (Å²) in [5.74, 6) is 0. The average molecular weight is 277 g/mol. The second kappa shape index (κ2) is 6.22. The molecule has 0 aromatic heterocycles. The number of rotatable bonds is 5. The van der Waals surface area contributed by atoms with Crippen LogP contribution in [0.2, 0.25) is 0 Å². The second-order valence-electron chi connectivity index (χ2n) is 6.07. The lowest BCUT2D eigenvalue weighted by Gasteiger charge is -2.45. The summed E-state index contributed by atoms with van der Waals surface area (Å²) >= 11 is 0. The van der Waals surface area contributed by atoms with Crippen LogP contribution in [0, 0.1) is 5.41 Å². The van der Waals surface area contributed by atoms with Gasteiger partial charge in [0.1, 0.15) is 0 Å². The Morgan fingerprint density at radius 2 is 2.05 bits per heavy atom. The summed E-state index contributed by atoms with van der Waals surface area (Å²) in [5.41, 5.74) is 1.29. The fraction of sp³-hybridized carbons (Fsp3) is 0.625. The van der Waals surface area contributed by atoms with Gasteiger partial charge in [0.25, 0.3) is 0 Å². The molecule has 0 saturated carbocycles. The van der Waals surface area contributed by atoms with E-state index in [-0.39, 0.29) is 18.1 Å². The Morgan fingerprint density at radius 1 is 1.25 bits per heavy atom. The van der Waals surface area contributed by atoms with Crippen LogP contribution >= 0.6 is 0 Å². The zero-order valence-electron chi connectivity index (χ0n) is 11.8. The van der Waals surface area contributed by atoms with Crippen molar-refractivity contribution >= 4 is 0 Å². The Kier molecular flexibility index (Phi) is 4.36. The molecule has 1 aromatic carbocycles. The maximum atomic E-state index is 9.53. The Labute approximate surface area is 120 Å². The molecule has 0 spiro atoms. The third kappa shape index (κ3) is 3.20. The Morgan fingerprint density at radius 3 is 2.70 bits per heavy atom. The SMILES string of the molecule is OCC1(CN2CCOC(Cc3ccccc3)C2)COC1. The molecule has 0 amide bonds. The van der Waals surface area contributed by atoms with E-state index in [4.69, 9.17) is 9.47 Å². The van der Waals surface area contributed by atoms with Crippen LogP contribution in [0.15, 0.2) is 30.3 Å². The molecule has 4 nitrogen and oxygen atoms in total. The zero-order chi connectivity index (χ0) is 13.8. The van der Waals surface area contributed by atoms with Crippen molar-refractivity contribution in [1.82, 2.24) is 4.90 Å². The molecule has 4 heteroatoms. The minimum atomic E-state index is -0.0331. The fourth-order valence-electron chi connectivity index (χ4n) is 3.02. The molecule has 1 atom stereocenters. The summed E-state index contributed by atoms with van der Waals surface area (Å²) in [6.45, 7) is 5.17. The lowest BCUT2D eigenvalue weighted by Crippen LogP contribution is -2.56. The highest BCUT2D eigenvalue weighted by Crippen LogP contribution is 2.28. The van der Waals surface area contributed by atoms with Crippen molar-refractivity contribution < 1.29 is 14.6 Å². The average Bonchev–Trinajstić information content (AvgIpc) is 2.44. The number of benzene rings is 1. The van der Waals surface area contributed by atoms with Gasteiger partial charge in [-0.15, -0.1) is 0 Å². The Hall–Kier alpha value is -0.940. The van der Waals surface area contributed by atoms with Crippen molar-refractivity contribution in [3.63, 3.8) is 0 Å². The van der Waals surface area contributed by atoms with E-state index in [0.717, 1.165) is 32.7 Å². The highest BCUT2D eigenvalue weighted by Gasteiger charge is 2.40. The molecule has 2 aliphatic heterocycles. The van der Waals surface area contributed by atoms with Crippen molar-refractivity contribution in [3.05, 3.63) is 35.9 Å². The number of ether oxygens (including phenoxy) is 2. The number of morpholine rings is 1. The first-order chi connectivity index (χ1) is 9.80. The van der Waals surface area contributed by atoms with E-state index in [1.165, 1.54) is 5.56 Å². The summed E-state index contributed by atoms with van der Waals surface area (Å²) in [6, 6.07) is 10.5. The van der Waals surface area contributed by atoms with Gasteiger partial charge in [0.05, 0.1) is 37.9 Å². The minimum Gasteiger partial charge on any atom is -0.396 e. The smallest absolute Gasteiger partial charge is 0.0742 e. The molecule has 1 N–H and O–H groups in total. The summed E-state index contributed by atoms with van der Waals surface area (Å²) in [6.07, 6.45) is 1.21. The fourth-order valence-corrected chi connectivity index (χ4v) is 3.02. The first-order valence-corrected chi connectivity index (χ1v) is 7.36. The van der Waals surface area contributed by atoms with Crippen LogP contribution < -0.4 is 0 Å². The topological polar surface area (TPSA) is 41.9 Å². The van der Waals surface area contributed by atoms with Gasteiger partial charge in [-0.2, -0.15) is 0 Å². The third-order valence-corrected chi connectivity index (χ3v) is 4.24. The van der Waals surface area contributed by atoms with E-state index in [0.29, 0.717) is 13.2 Å². The number of hydrogen-bond acceptors (Lipinski definition) is 4. The molecule has 0 aliphatic carbocycles. The van der Waals surface area contributed by atoms with E-state index < -0.39 is 0 Å². The van der Waals surface area contributed by atoms with Crippen LogP contribution in [-0.2, 0) is 15.9 Å². The van der Waals surface area contributed by atoms with Gasteiger partial charge < -0.3 is 14.6 Å². The van der Waals surface area contributed by atoms with E-state index in [2.05, 4.69) is 29.2 Å². The number of aliphatic hydroxyl groups excluding tert-OH is 1. The molecular weight excluding hydrogens is 254 g/mol. The highest BCUT2D eigenvalue weighted by molar-refractivity contribution is 5.15. The number of aliphatic hydroxyl groups is 1. The van der Waals surface area contributed by atoms with E-state index in [1.54, 1.807) is 0 Å². The van der Waals surface area contributed by atoms with Crippen LogP contribution in [0.4, 0.5) is 0 Å². The number of nitrogens with zero attached hydrogens (tertiary/aromatic N) is 1. The molecule has 2 aliphatic rings. The monoisotopic (exact) mass is 277 g/mol. The molecule has 2 fully saturated rings. The first kappa shape index (κ1) is 14.0. The molecule has 3 rings (SSSR count). The van der Waals surface area contributed by atoms with E-state index in [1.807, 2.05) is 6.07 Å². The highest BCUT2D eigenvalue weighted by atomic mass is 16.5. The van der Waals surface area contributed by atoms with E-state index in [9.17, 15) is 5.11 Å². The maximum Gasteiger partial charge on any atom is 0.0742 e. The minimum absolute atomic E-state index is 0.0331. The van der Waals surface area contributed by atoms with Crippen molar-refractivity contribution in [3.8, 4) is 0 Å². The van der Waals surface area contributed by atoms with Gasteiger partial charge in [0.15, 0.2) is 0 Å². The maximum absolute atomic E-state index is 9.53. The van der Waals surface area contributed by atoms with Crippen LogP contribution in [0.1, 0.15) is 5.56 Å². The standard InChI is InChI=1S/C16H23NO3/c18-11-16(12-19-13-16)10-17-6-7-20-15(9-17)8-14-4-2-1-3-5-14/h1-5,15,18H,6-13H2.